The molecule has 1 aromatic carbocycles. The van der Waals surface area contributed by atoms with E-state index in [0.717, 1.165) is 6.07 Å². The first-order valence-corrected chi connectivity index (χ1v) is 6.25. The number of rotatable bonds is 7. The summed E-state index contributed by atoms with van der Waals surface area (Å²) < 4.78 is 17.8. The van der Waals surface area contributed by atoms with E-state index in [1.807, 2.05) is 0 Å². The topological polar surface area (TPSA) is 95.9 Å². The molecule has 1 amide bonds. The Labute approximate surface area is 121 Å². The van der Waals surface area contributed by atoms with E-state index in [2.05, 4.69) is 5.32 Å². The highest BCUT2D eigenvalue weighted by Gasteiger charge is 2.35. The van der Waals surface area contributed by atoms with Crippen molar-refractivity contribution in [3.63, 3.8) is 0 Å². The van der Waals surface area contributed by atoms with Gasteiger partial charge in [-0.2, -0.15) is 0 Å². The number of hydrogen-bond donors (Lipinski definition) is 3. The zero-order chi connectivity index (χ0) is 16.0. The summed E-state index contributed by atoms with van der Waals surface area (Å²) in [4.78, 5) is 23.0. The number of carbonyl (C=O) groups is 2. The van der Waals surface area contributed by atoms with Crippen LogP contribution in [-0.2, 0) is 14.3 Å². The van der Waals surface area contributed by atoms with Gasteiger partial charge in [0.15, 0.2) is 5.54 Å². The number of carboxylic acid groups (broad SMARTS) is 1. The number of halogens is 1. The molecule has 0 radical (unpaired) electrons. The summed E-state index contributed by atoms with van der Waals surface area (Å²) in [5.41, 5.74) is -1.35. The molecule has 0 aliphatic rings. The molecule has 7 heteroatoms. The molecule has 0 heterocycles. The maximum Gasteiger partial charge on any atom is 0.331 e. The summed E-state index contributed by atoms with van der Waals surface area (Å²) in [6.45, 7) is 1.08. The van der Waals surface area contributed by atoms with Crippen LogP contribution in [-0.4, -0.2) is 41.3 Å². The highest BCUT2D eigenvalue weighted by atomic mass is 19.1. The molecular formula is C14H18FNO5. The monoisotopic (exact) mass is 299 g/mol. The number of benzene rings is 1. The Kier molecular flexibility index (Phi) is 5.80. The molecular weight excluding hydrogens is 281 g/mol. The molecule has 0 aromatic heterocycles. The molecule has 0 bridgehead atoms. The van der Waals surface area contributed by atoms with E-state index in [1.54, 1.807) is 0 Å². The molecule has 3 N–H and O–H groups in total. The Morgan fingerprint density at radius 3 is 2.67 bits per heavy atom. The lowest BCUT2D eigenvalue weighted by molar-refractivity contribution is -0.149. The van der Waals surface area contributed by atoms with Crippen LogP contribution < -0.4 is 5.32 Å². The second kappa shape index (κ2) is 7.14. The third-order valence-electron chi connectivity index (χ3n) is 2.93. The van der Waals surface area contributed by atoms with Crippen molar-refractivity contribution < 1.29 is 28.9 Å². The average molecular weight is 299 g/mol. The van der Waals surface area contributed by atoms with Gasteiger partial charge in [0.25, 0.3) is 0 Å². The Morgan fingerprint density at radius 1 is 1.48 bits per heavy atom. The van der Waals surface area contributed by atoms with Crippen molar-refractivity contribution in [3.8, 4) is 0 Å². The summed E-state index contributed by atoms with van der Waals surface area (Å²) >= 11 is 0. The quantitative estimate of drug-likeness (QED) is 0.694. The van der Waals surface area contributed by atoms with Crippen LogP contribution in [0.4, 0.5) is 4.39 Å². The number of ether oxygens (including phenoxy) is 1. The molecule has 116 valence electrons. The van der Waals surface area contributed by atoms with Crippen molar-refractivity contribution in [1.82, 2.24) is 5.32 Å². The summed E-state index contributed by atoms with van der Waals surface area (Å²) in [6, 6.07) is 5.23. The van der Waals surface area contributed by atoms with Crippen LogP contribution in [0.25, 0.3) is 0 Å². The lowest BCUT2D eigenvalue weighted by atomic mass is 10.0. The molecule has 21 heavy (non-hydrogen) atoms. The lowest BCUT2D eigenvalue weighted by Crippen LogP contribution is -2.55. The van der Waals surface area contributed by atoms with E-state index in [-0.39, 0.29) is 18.6 Å². The van der Waals surface area contributed by atoms with Gasteiger partial charge in [-0.1, -0.05) is 12.1 Å². The number of aliphatic hydroxyl groups is 1. The van der Waals surface area contributed by atoms with E-state index in [1.165, 1.54) is 32.2 Å². The van der Waals surface area contributed by atoms with Crippen LogP contribution in [0.2, 0.25) is 0 Å². The number of amides is 1. The number of carbonyl (C=O) groups excluding carboxylic acids is 1. The number of methoxy groups -OCH3 is 1. The normalized spacial score (nSPS) is 15.0. The fourth-order valence-corrected chi connectivity index (χ4v) is 1.81. The van der Waals surface area contributed by atoms with Gasteiger partial charge in [-0.05, 0) is 24.6 Å². The minimum absolute atomic E-state index is 0.218. The molecule has 1 aromatic rings. The van der Waals surface area contributed by atoms with Crippen LogP contribution in [0.5, 0.6) is 0 Å². The number of nitrogens with one attached hydrogen (secondary N) is 1. The minimum Gasteiger partial charge on any atom is -0.479 e. The van der Waals surface area contributed by atoms with Gasteiger partial charge < -0.3 is 20.3 Å². The Hall–Kier alpha value is -1.99. The molecule has 2 atom stereocenters. The molecule has 0 spiro atoms. The zero-order valence-electron chi connectivity index (χ0n) is 11.8. The van der Waals surface area contributed by atoms with E-state index in [9.17, 15) is 19.1 Å². The number of aliphatic hydroxyl groups excluding tert-OH is 1. The van der Waals surface area contributed by atoms with Gasteiger partial charge in [-0.3, -0.25) is 4.79 Å². The minimum atomic E-state index is -1.59. The molecule has 0 saturated heterocycles. The Balaban J connectivity index is 2.70. The largest absolute Gasteiger partial charge is 0.479 e. The summed E-state index contributed by atoms with van der Waals surface area (Å²) in [5, 5.41) is 21.3. The highest BCUT2D eigenvalue weighted by Crippen LogP contribution is 2.18. The smallest absolute Gasteiger partial charge is 0.331 e. The molecule has 0 aliphatic heterocycles. The molecule has 1 rings (SSSR count). The first-order valence-electron chi connectivity index (χ1n) is 6.25. The SMILES string of the molecule is COCC(C)(NC(=O)CC(O)c1cccc(F)c1)C(=O)O. The fourth-order valence-electron chi connectivity index (χ4n) is 1.81. The Morgan fingerprint density at radius 2 is 2.14 bits per heavy atom. The van der Waals surface area contributed by atoms with Crippen molar-refractivity contribution in [3.05, 3.63) is 35.6 Å². The van der Waals surface area contributed by atoms with Gasteiger partial charge in [-0.25, -0.2) is 9.18 Å². The third-order valence-corrected chi connectivity index (χ3v) is 2.93. The van der Waals surface area contributed by atoms with Gasteiger partial charge in [0.05, 0.1) is 19.1 Å². The van der Waals surface area contributed by atoms with Crippen molar-refractivity contribution in [1.29, 1.82) is 0 Å². The molecule has 0 fully saturated rings. The van der Waals surface area contributed by atoms with E-state index in [4.69, 9.17) is 9.84 Å². The predicted octanol–water partition coefficient (Wildman–Crippen LogP) is 0.855. The third kappa shape index (κ3) is 4.80. The van der Waals surface area contributed by atoms with E-state index < -0.39 is 29.3 Å². The van der Waals surface area contributed by atoms with E-state index in [0.29, 0.717) is 0 Å². The zero-order valence-corrected chi connectivity index (χ0v) is 11.8. The molecule has 6 nitrogen and oxygen atoms in total. The lowest BCUT2D eigenvalue weighted by Gasteiger charge is -2.25. The van der Waals surface area contributed by atoms with Crippen molar-refractivity contribution in [2.24, 2.45) is 0 Å². The van der Waals surface area contributed by atoms with Gasteiger partial charge >= 0.3 is 5.97 Å². The highest BCUT2D eigenvalue weighted by molar-refractivity contribution is 5.87. The predicted molar refractivity (Wildman–Crippen MR) is 72.0 cm³/mol. The molecule has 0 saturated carbocycles. The Bertz CT molecular complexity index is 522. The summed E-state index contributed by atoms with van der Waals surface area (Å²) in [7, 11) is 1.31. The van der Waals surface area contributed by atoms with Gasteiger partial charge in [0.1, 0.15) is 5.82 Å². The second-order valence-corrected chi connectivity index (χ2v) is 4.89. The number of hydrogen-bond acceptors (Lipinski definition) is 4. The van der Waals surface area contributed by atoms with Crippen molar-refractivity contribution in [2.75, 3.05) is 13.7 Å². The number of carboxylic acids is 1. The second-order valence-electron chi connectivity index (χ2n) is 4.89. The summed E-state index contributed by atoms with van der Waals surface area (Å²) in [5.74, 6) is -2.45. The maximum atomic E-state index is 13.0. The van der Waals surface area contributed by atoms with Crippen LogP contribution in [0.3, 0.4) is 0 Å². The van der Waals surface area contributed by atoms with E-state index >= 15 is 0 Å². The van der Waals surface area contributed by atoms with Gasteiger partial charge in [0, 0.05) is 7.11 Å². The number of aliphatic carboxylic acids is 1. The van der Waals surface area contributed by atoms with Crippen LogP contribution in [0.1, 0.15) is 25.0 Å². The van der Waals surface area contributed by atoms with Crippen molar-refractivity contribution in [2.45, 2.75) is 25.0 Å². The van der Waals surface area contributed by atoms with Gasteiger partial charge in [-0.15, -0.1) is 0 Å². The summed E-state index contributed by atoms with van der Waals surface area (Å²) in [6.07, 6.45) is -1.60. The molecule has 0 aliphatic carbocycles. The maximum absolute atomic E-state index is 13.0. The first kappa shape index (κ1) is 17.1. The first-order chi connectivity index (χ1) is 9.78. The van der Waals surface area contributed by atoms with Crippen molar-refractivity contribution >= 4 is 11.9 Å². The standard InChI is InChI=1S/C14H18FNO5/c1-14(8-21-2,13(19)20)16-12(18)7-11(17)9-4-3-5-10(15)6-9/h3-6,11,17H,7-8H2,1-2H3,(H,16,18)(H,19,20). The fraction of sp³-hybridized carbons (Fsp3) is 0.429. The van der Waals surface area contributed by atoms with Crippen LogP contribution in [0.15, 0.2) is 24.3 Å². The van der Waals surface area contributed by atoms with Gasteiger partial charge in [0.2, 0.25) is 5.91 Å². The molecule has 2 unspecified atom stereocenters. The average Bonchev–Trinajstić information content (AvgIpc) is 2.38. The van der Waals surface area contributed by atoms with Crippen LogP contribution in [0, 0.1) is 5.82 Å². The van der Waals surface area contributed by atoms with Crippen LogP contribution >= 0.6 is 0 Å².